The largest absolute Gasteiger partial charge is 0.390 e. The van der Waals surface area contributed by atoms with E-state index in [4.69, 9.17) is 0 Å². The van der Waals surface area contributed by atoms with E-state index in [0.29, 0.717) is 0 Å². The number of aliphatic hydroxyl groups is 1. The molecule has 1 N–H and O–H groups in total. The van der Waals surface area contributed by atoms with Crippen LogP contribution in [0.1, 0.15) is 51.4 Å². The van der Waals surface area contributed by atoms with Gasteiger partial charge in [0.15, 0.2) is 0 Å². The van der Waals surface area contributed by atoms with Crippen LogP contribution in [0.15, 0.2) is 12.7 Å². The summed E-state index contributed by atoms with van der Waals surface area (Å²) < 4.78 is 0. The highest BCUT2D eigenvalue weighted by atomic mass is 32.2. The van der Waals surface area contributed by atoms with Crippen LogP contribution >= 0.6 is 11.8 Å². The molecule has 0 aromatic carbocycles. The molecule has 2 heterocycles. The molecular formula is C13H22OS. The van der Waals surface area contributed by atoms with Gasteiger partial charge in [-0.05, 0) is 44.9 Å². The zero-order valence-electron chi connectivity index (χ0n) is 9.45. The Morgan fingerprint density at radius 3 is 2.60 bits per heavy atom. The highest BCUT2D eigenvalue weighted by Gasteiger charge is 2.40. The van der Waals surface area contributed by atoms with E-state index in [1.165, 1.54) is 19.3 Å². The van der Waals surface area contributed by atoms with Gasteiger partial charge in [0.25, 0.3) is 0 Å². The predicted octanol–water partition coefficient (Wildman–Crippen LogP) is 3.52. The zero-order chi connectivity index (χ0) is 10.7. The van der Waals surface area contributed by atoms with Gasteiger partial charge < -0.3 is 5.11 Å². The maximum Gasteiger partial charge on any atom is 0.0669 e. The number of thioether (sulfide) groups is 1. The second-order valence-electron chi connectivity index (χ2n) is 5.12. The van der Waals surface area contributed by atoms with Crippen LogP contribution in [0, 0.1) is 0 Å². The summed E-state index contributed by atoms with van der Waals surface area (Å²) in [4.78, 5) is 0. The lowest BCUT2D eigenvalue weighted by Gasteiger charge is -2.44. The minimum Gasteiger partial charge on any atom is -0.390 e. The third-order valence-electron chi connectivity index (χ3n) is 3.70. The van der Waals surface area contributed by atoms with Gasteiger partial charge in [-0.1, -0.05) is 12.5 Å². The zero-order valence-corrected chi connectivity index (χ0v) is 10.3. The summed E-state index contributed by atoms with van der Waals surface area (Å²) in [5.41, 5.74) is -0.343. The van der Waals surface area contributed by atoms with Gasteiger partial charge in [0.2, 0.25) is 0 Å². The van der Waals surface area contributed by atoms with E-state index in [2.05, 4.69) is 18.3 Å². The van der Waals surface area contributed by atoms with E-state index in [-0.39, 0.29) is 5.60 Å². The smallest absolute Gasteiger partial charge is 0.0669 e. The molecule has 15 heavy (non-hydrogen) atoms. The Morgan fingerprint density at radius 1 is 1.33 bits per heavy atom. The minimum atomic E-state index is -0.343. The van der Waals surface area contributed by atoms with Gasteiger partial charge in [-0.15, -0.1) is 6.58 Å². The van der Waals surface area contributed by atoms with E-state index >= 15 is 0 Å². The molecule has 2 saturated heterocycles. The molecule has 2 atom stereocenters. The van der Waals surface area contributed by atoms with Crippen molar-refractivity contribution in [3.05, 3.63) is 12.7 Å². The number of rotatable bonds is 4. The first-order valence-corrected chi connectivity index (χ1v) is 7.15. The second-order valence-corrected chi connectivity index (χ2v) is 6.73. The van der Waals surface area contributed by atoms with Crippen molar-refractivity contribution in [2.75, 3.05) is 0 Å². The Bertz CT molecular complexity index is 215. The lowest BCUT2D eigenvalue weighted by molar-refractivity contribution is 0.00313. The summed E-state index contributed by atoms with van der Waals surface area (Å²) in [6, 6.07) is 0. The van der Waals surface area contributed by atoms with Gasteiger partial charge >= 0.3 is 0 Å². The number of allylic oxidation sites excluding steroid dienone is 1. The lowest BCUT2D eigenvalue weighted by Crippen LogP contribution is -2.42. The summed E-state index contributed by atoms with van der Waals surface area (Å²) in [7, 11) is 0. The van der Waals surface area contributed by atoms with E-state index in [1.807, 2.05) is 6.08 Å². The third-order valence-corrected chi connectivity index (χ3v) is 5.28. The molecule has 2 fully saturated rings. The van der Waals surface area contributed by atoms with Crippen LogP contribution in [0.2, 0.25) is 0 Å². The van der Waals surface area contributed by atoms with Crippen molar-refractivity contribution < 1.29 is 5.11 Å². The number of hydrogen-bond acceptors (Lipinski definition) is 2. The molecule has 2 heteroatoms. The molecule has 1 nitrogen and oxygen atoms in total. The standard InChI is InChI=1S/C13H22OS/c1-2-3-4-8-13(14)9-11-6-5-7-12(10-13)15-11/h2,11-12,14H,1,3-10H2. The average Bonchev–Trinajstić information content (AvgIpc) is 2.17. The Hall–Kier alpha value is 0.0500. The summed E-state index contributed by atoms with van der Waals surface area (Å²) in [5.74, 6) is 0. The Balaban J connectivity index is 1.87. The molecule has 0 amide bonds. The Morgan fingerprint density at radius 2 is 2.00 bits per heavy atom. The normalized spacial score (nSPS) is 40.1. The fourth-order valence-electron chi connectivity index (χ4n) is 2.99. The lowest BCUT2D eigenvalue weighted by atomic mass is 9.82. The molecule has 0 radical (unpaired) electrons. The molecule has 2 aliphatic heterocycles. The molecule has 2 bridgehead atoms. The average molecular weight is 226 g/mol. The fraction of sp³-hybridized carbons (Fsp3) is 0.846. The summed E-state index contributed by atoms with van der Waals surface area (Å²) in [5, 5.41) is 12.0. The molecule has 2 aliphatic rings. The van der Waals surface area contributed by atoms with Crippen molar-refractivity contribution in [1.82, 2.24) is 0 Å². The molecule has 0 spiro atoms. The van der Waals surface area contributed by atoms with Gasteiger partial charge in [0.1, 0.15) is 0 Å². The van der Waals surface area contributed by atoms with E-state index in [9.17, 15) is 5.11 Å². The van der Waals surface area contributed by atoms with Crippen molar-refractivity contribution in [3.63, 3.8) is 0 Å². The van der Waals surface area contributed by atoms with E-state index < -0.39 is 0 Å². The molecule has 0 aromatic rings. The topological polar surface area (TPSA) is 20.2 Å². The van der Waals surface area contributed by atoms with Gasteiger partial charge in [-0.25, -0.2) is 0 Å². The first-order chi connectivity index (χ1) is 7.22. The van der Waals surface area contributed by atoms with Crippen LogP contribution in [0.5, 0.6) is 0 Å². The van der Waals surface area contributed by atoms with E-state index in [0.717, 1.165) is 42.6 Å². The quantitative estimate of drug-likeness (QED) is 0.584. The molecule has 2 rings (SSSR count). The third kappa shape index (κ3) is 3.01. The second kappa shape index (κ2) is 4.92. The SMILES string of the molecule is C=CCCCC1(O)CC2CCCC(C1)S2. The summed E-state index contributed by atoms with van der Waals surface area (Å²) in [6.07, 6.45) is 11.2. The van der Waals surface area contributed by atoms with Crippen LogP contribution in [-0.2, 0) is 0 Å². The number of fused-ring (bicyclic) bond motifs is 2. The van der Waals surface area contributed by atoms with Gasteiger partial charge in [-0.2, -0.15) is 11.8 Å². The maximum atomic E-state index is 10.6. The molecular weight excluding hydrogens is 204 g/mol. The van der Waals surface area contributed by atoms with Gasteiger partial charge in [-0.3, -0.25) is 0 Å². The van der Waals surface area contributed by atoms with Gasteiger partial charge in [0, 0.05) is 10.5 Å². The molecule has 0 aliphatic carbocycles. The summed E-state index contributed by atoms with van der Waals surface area (Å²) in [6.45, 7) is 3.74. The molecule has 0 aromatic heterocycles. The van der Waals surface area contributed by atoms with Crippen molar-refractivity contribution in [2.45, 2.75) is 67.5 Å². The van der Waals surface area contributed by atoms with Crippen molar-refractivity contribution in [1.29, 1.82) is 0 Å². The maximum absolute atomic E-state index is 10.6. The highest BCUT2D eigenvalue weighted by Crippen LogP contribution is 2.47. The monoisotopic (exact) mass is 226 g/mol. The fourth-order valence-corrected chi connectivity index (χ4v) is 4.96. The van der Waals surface area contributed by atoms with Crippen LogP contribution in [-0.4, -0.2) is 21.2 Å². The van der Waals surface area contributed by atoms with Crippen molar-refractivity contribution in [2.24, 2.45) is 0 Å². The van der Waals surface area contributed by atoms with Gasteiger partial charge in [0.05, 0.1) is 5.60 Å². The van der Waals surface area contributed by atoms with Crippen molar-refractivity contribution in [3.8, 4) is 0 Å². The minimum absolute atomic E-state index is 0.343. The van der Waals surface area contributed by atoms with Crippen LogP contribution < -0.4 is 0 Å². The number of hydrogen-bond donors (Lipinski definition) is 1. The van der Waals surface area contributed by atoms with Crippen LogP contribution in [0.4, 0.5) is 0 Å². The Labute approximate surface area is 97.3 Å². The predicted molar refractivity (Wildman–Crippen MR) is 67.2 cm³/mol. The first kappa shape index (κ1) is 11.5. The highest BCUT2D eigenvalue weighted by molar-refractivity contribution is 8.00. The summed E-state index contributed by atoms with van der Waals surface area (Å²) >= 11 is 2.13. The molecule has 86 valence electrons. The van der Waals surface area contributed by atoms with Crippen molar-refractivity contribution >= 4 is 11.8 Å². The Kier molecular flexibility index (Phi) is 3.78. The first-order valence-electron chi connectivity index (χ1n) is 6.21. The molecule has 0 saturated carbocycles. The van der Waals surface area contributed by atoms with E-state index in [1.54, 1.807) is 0 Å². The molecule has 2 unspecified atom stereocenters. The van der Waals surface area contributed by atoms with Crippen LogP contribution in [0.3, 0.4) is 0 Å². The van der Waals surface area contributed by atoms with Crippen LogP contribution in [0.25, 0.3) is 0 Å². The number of unbranched alkanes of at least 4 members (excludes halogenated alkanes) is 1.